The number of ether oxygens (including phenoxy) is 2. The monoisotopic (exact) mass is 366 g/mol. The standard InChI is InChI=1S/C21H22N2O4/c1-3-12-10-23-16-8-14(12)19(11-24,18(25)26-2)20-9-17(23)27-21(16,20)22-15-7-5-4-6-13(15)20/h3-7,11,14,16-17,22H,8-10H2,1-2H3/t14-,16-,17-,19-,20+,21+/m0/s1. The van der Waals surface area contributed by atoms with Crippen molar-refractivity contribution in [3.63, 3.8) is 0 Å². The van der Waals surface area contributed by atoms with Crippen LogP contribution in [0.2, 0.25) is 0 Å². The van der Waals surface area contributed by atoms with Crippen molar-refractivity contribution in [1.29, 1.82) is 0 Å². The highest BCUT2D eigenvalue weighted by Crippen LogP contribution is 2.75. The van der Waals surface area contributed by atoms with E-state index < -0.39 is 22.5 Å². The number of piperidine rings is 2. The fourth-order valence-corrected chi connectivity index (χ4v) is 7.14. The Balaban J connectivity index is 1.75. The second-order valence-electron chi connectivity index (χ2n) is 8.41. The first kappa shape index (κ1) is 15.8. The van der Waals surface area contributed by atoms with Crippen LogP contribution in [0.3, 0.4) is 0 Å². The van der Waals surface area contributed by atoms with Gasteiger partial charge in [-0.15, -0.1) is 0 Å². The van der Waals surface area contributed by atoms with E-state index in [1.54, 1.807) is 0 Å². The van der Waals surface area contributed by atoms with E-state index in [4.69, 9.17) is 9.47 Å². The third-order valence-corrected chi connectivity index (χ3v) is 7.99. The highest BCUT2D eigenvalue weighted by Gasteiger charge is 2.87. The van der Waals surface area contributed by atoms with Crippen LogP contribution in [0.1, 0.15) is 25.3 Å². The molecule has 3 saturated heterocycles. The van der Waals surface area contributed by atoms with Crippen LogP contribution in [-0.2, 0) is 24.5 Å². The number of nitrogens with zero attached hydrogens (tertiary/aromatic N) is 1. The molecule has 1 aliphatic carbocycles. The number of para-hydroxylation sites is 1. The number of methoxy groups -OCH3 is 1. The minimum absolute atomic E-state index is 0.101. The van der Waals surface area contributed by atoms with E-state index in [0.717, 1.165) is 29.7 Å². The average molecular weight is 366 g/mol. The van der Waals surface area contributed by atoms with Crippen LogP contribution < -0.4 is 5.32 Å². The molecule has 1 saturated carbocycles. The molecule has 5 aliphatic rings. The van der Waals surface area contributed by atoms with Crippen molar-refractivity contribution in [1.82, 2.24) is 4.90 Å². The van der Waals surface area contributed by atoms with Gasteiger partial charge in [0, 0.05) is 24.6 Å². The van der Waals surface area contributed by atoms with Gasteiger partial charge in [0.05, 0.1) is 18.6 Å². The van der Waals surface area contributed by atoms with E-state index in [-0.39, 0.29) is 18.2 Å². The Bertz CT molecular complexity index is 929. The topological polar surface area (TPSA) is 67.9 Å². The SMILES string of the molecule is CC=C1CN2[C@@H]3C[C@]45c6ccccc6N[C@@]4(O3)[C@@H]2C[C@@H]1[C@@]5(C=O)C(=O)OC. The van der Waals surface area contributed by atoms with E-state index in [1.165, 1.54) is 7.11 Å². The van der Waals surface area contributed by atoms with E-state index in [2.05, 4.69) is 16.3 Å². The lowest BCUT2D eigenvalue weighted by Crippen LogP contribution is -2.78. The lowest BCUT2D eigenvalue weighted by molar-refractivity contribution is -0.182. The lowest BCUT2D eigenvalue weighted by atomic mass is 9.42. The summed E-state index contributed by atoms with van der Waals surface area (Å²) in [6.07, 6.45) is 4.18. The minimum atomic E-state index is -1.29. The first-order chi connectivity index (χ1) is 13.1. The second kappa shape index (κ2) is 4.62. The number of esters is 1. The smallest absolute Gasteiger partial charge is 0.320 e. The average Bonchev–Trinajstić information content (AvgIpc) is 3.30. The van der Waals surface area contributed by atoms with E-state index in [0.29, 0.717) is 12.8 Å². The Morgan fingerprint density at radius 2 is 2.22 bits per heavy atom. The molecule has 6 atom stereocenters. The summed E-state index contributed by atoms with van der Waals surface area (Å²) in [5.41, 5.74) is 0.303. The van der Waals surface area contributed by atoms with Gasteiger partial charge in [0.15, 0.2) is 5.72 Å². The first-order valence-electron chi connectivity index (χ1n) is 9.60. The second-order valence-corrected chi connectivity index (χ2v) is 8.41. The molecule has 0 aromatic heterocycles. The van der Waals surface area contributed by atoms with Crippen molar-refractivity contribution < 1.29 is 19.1 Å². The van der Waals surface area contributed by atoms with Crippen molar-refractivity contribution in [2.24, 2.45) is 11.3 Å². The van der Waals surface area contributed by atoms with Gasteiger partial charge in [0.2, 0.25) is 0 Å². The Hall–Kier alpha value is -2.18. The molecule has 4 aliphatic heterocycles. The van der Waals surface area contributed by atoms with Crippen LogP contribution in [0.5, 0.6) is 0 Å². The Labute approximate surface area is 157 Å². The van der Waals surface area contributed by atoms with Gasteiger partial charge in [-0.1, -0.05) is 29.8 Å². The Morgan fingerprint density at radius 3 is 2.96 bits per heavy atom. The third-order valence-electron chi connectivity index (χ3n) is 7.99. The molecular weight excluding hydrogens is 344 g/mol. The number of carbonyl (C=O) groups is 2. The van der Waals surface area contributed by atoms with Crippen LogP contribution in [0.4, 0.5) is 5.69 Å². The summed E-state index contributed by atoms with van der Waals surface area (Å²) in [4.78, 5) is 28.7. The van der Waals surface area contributed by atoms with Crippen molar-refractivity contribution in [2.75, 3.05) is 19.0 Å². The number of anilines is 1. The molecule has 140 valence electrons. The molecule has 6 rings (SSSR count). The van der Waals surface area contributed by atoms with Gasteiger partial charge in [-0.05, 0) is 25.0 Å². The highest BCUT2D eigenvalue weighted by atomic mass is 16.6. The number of hydrogen-bond acceptors (Lipinski definition) is 6. The molecule has 4 fully saturated rings. The van der Waals surface area contributed by atoms with Crippen LogP contribution in [0.25, 0.3) is 0 Å². The van der Waals surface area contributed by atoms with Gasteiger partial charge in [-0.2, -0.15) is 0 Å². The molecule has 1 spiro atoms. The van der Waals surface area contributed by atoms with Crippen molar-refractivity contribution in [3.05, 3.63) is 41.5 Å². The normalized spacial score (nSPS) is 46.9. The summed E-state index contributed by atoms with van der Waals surface area (Å²) in [5.74, 6) is -0.611. The zero-order valence-electron chi connectivity index (χ0n) is 15.4. The maximum atomic E-state index is 13.4. The summed E-state index contributed by atoms with van der Waals surface area (Å²) < 4.78 is 11.9. The molecule has 1 aromatic rings. The largest absolute Gasteiger partial charge is 0.468 e. The predicted octanol–water partition coefficient (Wildman–Crippen LogP) is 1.81. The zero-order chi connectivity index (χ0) is 18.6. The Morgan fingerprint density at radius 1 is 1.41 bits per heavy atom. The van der Waals surface area contributed by atoms with Crippen LogP contribution in [-0.4, -0.2) is 48.8 Å². The molecule has 6 nitrogen and oxygen atoms in total. The van der Waals surface area contributed by atoms with Gasteiger partial charge in [-0.3, -0.25) is 9.69 Å². The van der Waals surface area contributed by atoms with Gasteiger partial charge in [0.1, 0.15) is 17.9 Å². The van der Waals surface area contributed by atoms with E-state index in [1.807, 2.05) is 31.2 Å². The number of carbonyl (C=O) groups excluding carboxylic acids is 2. The highest BCUT2D eigenvalue weighted by molar-refractivity contribution is 5.99. The zero-order valence-corrected chi connectivity index (χ0v) is 15.4. The molecular formula is C21H22N2O4. The fourth-order valence-electron chi connectivity index (χ4n) is 7.14. The van der Waals surface area contributed by atoms with Crippen LogP contribution in [0.15, 0.2) is 35.9 Å². The summed E-state index contributed by atoms with van der Waals surface area (Å²) in [7, 11) is 1.38. The molecule has 0 unspecified atom stereocenters. The molecule has 4 bridgehead atoms. The summed E-state index contributed by atoms with van der Waals surface area (Å²) >= 11 is 0. The molecule has 27 heavy (non-hydrogen) atoms. The quantitative estimate of drug-likeness (QED) is 0.373. The maximum Gasteiger partial charge on any atom is 0.320 e. The number of aldehydes is 1. The van der Waals surface area contributed by atoms with Gasteiger partial charge >= 0.3 is 5.97 Å². The van der Waals surface area contributed by atoms with E-state index in [9.17, 15) is 9.59 Å². The van der Waals surface area contributed by atoms with Gasteiger partial charge in [0.25, 0.3) is 0 Å². The first-order valence-corrected chi connectivity index (χ1v) is 9.60. The molecule has 6 heteroatoms. The van der Waals surface area contributed by atoms with E-state index >= 15 is 0 Å². The molecule has 4 heterocycles. The van der Waals surface area contributed by atoms with Crippen molar-refractivity contribution >= 4 is 17.9 Å². The predicted molar refractivity (Wildman–Crippen MR) is 96.8 cm³/mol. The maximum absolute atomic E-state index is 13.4. The molecule has 1 aromatic carbocycles. The third kappa shape index (κ3) is 1.32. The number of rotatable bonds is 2. The Kier molecular flexibility index (Phi) is 2.71. The molecule has 0 radical (unpaired) electrons. The number of benzene rings is 1. The van der Waals surface area contributed by atoms with Crippen LogP contribution in [0, 0.1) is 11.3 Å². The van der Waals surface area contributed by atoms with Crippen LogP contribution >= 0.6 is 0 Å². The molecule has 1 N–H and O–H groups in total. The summed E-state index contributed by atoms with van der Waals surface area (Å²) in [6.45, 7) is 2.73. The fraction of sp³-hybridized carbons (Fsp3) is 0.524. The van der Waals surface area contributed by atoms with Crippen molar-refractivity contribution in [3.8, 4) is 0 Å². The summed E-state index contributed by atoms with van der Waals surface area (Å²) in [6, 6.07) is 8.15. The minimum Gasteiger partial charge on any atom is -0.468 e. The lowest BCUT2D eigenvalue weighted by Gasteiger charge is -2.63. The number of hydrogen-bond donors (Lipinski definition) is 1. The number of fused-ring (bicyclic) bond motifs is 4. The van der Waals surface area contributed by atoms with Gasteiger partial charge in [-0.25, -0.2) is 0 Å². The van der Waals surface area contributed by atoms with Crippen molar-refractivity contribution in [2.45, 2.75) is 43.2 Å². The van der Waals surface area contributed by atoms with Gasteiger partial charge < -0.3 is 19.6 Å². The number of allylic oxidation sites excluding steroid dienone is 1. The summed E-state index contributed by atoms with van der Waals surface area (Å²) in [5, 5.41) is 3.63. The molecule has 0 amide bonds. The number of nitrogens with one attached hydrogen (secondary N) is 1.